The molecule has 209 valence electrons. The Morgan fingerprint density at radius 1 is 0.657 bits per heavy atom. The fraction of sp³-hybridized carbons (Fsp3) is 1.00. The summed E-state index contributed by atoms with van der Waals surface area (Å²) in [6.07, 6.45) is -0.551. The summed E-state index contributed by atoms with van der Waals surface area (Å²) >= 11 is 0. The van der Waals surface area contributed by atoms with Crippen LogP contribution in [0.2, 0.25) is 31.2 Å². The largest absolute Gasteiger partial charge is 0.416 e. The summed E-state index contributed by atoms with van der Waals surface area (Å²) in [5, 5.41) is 54.8. The van der Waals surface area contributed by atoms with Crippen LogP contribution in [0.1, 0.15) is 19.3 Å². The Kier molecular flexibility index (Phi) is 17.5. The summed E-state index contributed by atoms with van der Waals surface area (Å²) in [5.74, 6) is 0. The van der Waals surface area contributed by atoms with Crippen molar-refractivity contribution in [3.63, 3.8) is 0 Å². The van der Waals surface area contributed by atoms with Gasteiger partial charge < -0.3 is 57.2 Å². The number of aliphatic hydroxyl groups is 6. The van der Waals surface area contributed by atoms with Gasteiger partial charge in [0.25, 0.3) is 0 Å². The zero-order valence-electron chi connectivity index (χ0n) is 21.0. The van der Waals surface area contributed by atoms with Crippen molar-refractivity contribution in [2.75, 3.05) is 59.5 Å². The van der Waals surface area contributed by atoms with E-state index < -0.39 is 44.7 Å². The molecule has 1 saturated heterocycles. The van der Waals surface area contributed by atoms with Crippen LogP contribution in [0, 0.1) is 0 Å². The molecule has 5 atom stereocenters. The molecule has 1 heterocycles. The van der Waals surface area contributed by atoms with E-state index in [1.807, 2.05) is 13.1 Å². The van der Waals surface area contributed by atoms with Crippen LogP contribution in [0.4, 0.5) is 0 Å². The van der Waals surface area contributed by atoms with Crippen molar-refractivity contribution in [3.05, 3.63) is 0 Å². The Balaban J connectivity index is 2.58. The minimum atomic E-state index is -2.54. The summed E-state index contributed by atoms with van der Waals surface area (Å²) in [7, 11) is -6.69. The zero-order valence-corrected chi connectivity index (χ0v) is 24.0. The molecule has 1 aliphatic heterocycles. The predicted molar refractivity (Wildman–Crippen MR) is 132 cm³/mol. The van der Waals surface area contributed by atoms with Gasteiger partial charge in [-0.25, -0.2) is 0 Å². The van der Waals surface area contributed by atoms with E-state index in [9.17, 15) is 15.3 Å². The highest BCUT2D eigenvalue weighted by molar-refractivity contribution is 6.88. The van der Waals surface area contributed by atoms with Gasteiger partial charge in [-0.3, -0.25) is 0 Å². The van der Waals surface area contributed by atoms with E-state index in [0.717, 1.165) is 0 Å². The van der Waals surface area contributed by atoms with E-state index in [1.54, 1.807) is 0 Å². The number of hydrogen-bond donors (Lipinski definition) is 6. The molecule has 35 heavy (non-hydrogen) atoms. The molecule has 0 aromatic rings. The van der Waals surface area contributed by atoms with Gasteiger partial charge in [0.15, 0.2) is 0 Å². The Morgan fingerprint density at radius 2 is 1.03 bits per heavy atom. The Labute approximate surface area is 212 Å². The average Bonchev–Trinajstić information content (AvgIpc) is 2.82. The highest BCUT2D eigenvalue weighted by atomic mass is 28.5. The quantitative estimate of drug-likeness (QED) is 0.0742. The summed E-state index contributed by atoms with van der Waals surface area (Å²) < 4.78 is 35.6. The van der Waals surface area contributed by atoms with Crippen molar-refractivity contribution in [1.82, 2.24) is 0 Å². The van der Waals surface area contributed by atoms with E-state index >= 15 is 0 Å². The number of ether oxygens (including phenoxy) is 3. The number of rotatable bonds is 21. The normalized spacial score (nSPS) is 26.1. The lowest BCUT2D eigenvalue weighted by Gasteiger charge is -2.45. The minimum absolute atomic E-state index is 0.0804. The van der Waals surface area contributed by atoms with E-state index in [4.69, 9.17) is 41.9 Å². The first kappa shape index (κ1) is 33.2. The van der Waals surface area contributed by atoms with Crippen molar-refractivity contribution in [1.29, 1.82) is 0 Å². The zero-order chi connectivity index (χ0) is 26.2. The van der Waals surface area contributed by atoms with Crippen LogP contribution < -0.4 is 0 Å². The maximum Gasteiger partial charge on any atom is 0.365 e. The van der Waals surface area contributed by atoms with Gasteiger partial charge in [0.2, 0.25) is 0 Å². The van der Waals surface area contributed by atoms with E-state index in [-0.39, 0.29) is 39.6 Å². The Hall–Kier alpha value is 0.171. The van der Waals surface area contributed by atoms with Gasteiger partial charge in [-0.1, -0.05) is 0 Å². The van der Waals surface area contributed by atoms with Crippen molar-refractivity contribution in [2.45, 2.75) is 68.8 Å². The van der Waals surface area contributed by atoms with Crippen LogP contribution in [-0.4, -0.2) is 135 Å². The van der Waals surface area contributed by atoms with E-state index in [1.165, 1.54) is 0 Å². The van der Waals surface area contributed by atoms with Crippen LogP contribution in [-0.2, 0) is 26.6 Å². The fourth-order valence-corrected chi connectivity index (χ4v) is 17.0. The van der Waals surface area contributed by atoms with Crippen LogP contribution in [0.15, 0.2) is 0 Å². The number of aliphatic hydroxyl groups excluding tert-OH is 6. The number of hydrogen-bond acceptors (Lipinski definition) is 12. The van der Waals surface area contributed by atoms with Crippen molar-refractivity contribution >= 4 is 26.4 Å². The first-order chi connectivity index (χ1) is 16.6. The fourth-order valence-electron chi connectivity index (χ4n) is 3.43. The third-order valence-corrected chi connectivity index (χ3v) is 17.2. The molecule has 1 fully saturated rings. The minimum Gasteiger partial charge on any atom is -0.416 e. The SMILES string of the molecule is C[Si]1(CCCOCC(O)CO)O[Si](CCCOCC(O)CO)O[Si](C)(CCCOCC(O)CO)O1. The summed E-state index contributed by atoms with van der Waals surface area (Å²) in [4.78, 5) is 0. The second-order valence-corrected chi connectivity index (χ2v) is 18.2. The molecular weight excluding hydrogens is 516 g/mol. The first-order valence-corrected chi connectivity index (χ1v) is 18.8. The lowest BCUT2D eigenvalue weighted by molar-refractivity contribution is 0.00567. The van der Waals surface area contributed by atoms with Crippen molar-refractivity contribution < 1.29 is 57.2 Å². The van der Waals surface area contributed by atoms with Gasteiger partial charge in [-0.05, 0) is 50.5 Å². The van der Waals surface area contributed by atoms with Crippen molar-refractivity contribution in [3.8, 4) is 0 Å². The Morgan fingerprint density at radius 3 is 1.40 bits per heavy atom. The van der Waals surface area contributed by atoms with Gasteiger partial charge >= 0.3 is 26.4 Å². The molecule has 1 aliphatic rings. The van der Waals surface area contributed by atoms with E-state index in [2.05, 4.69) is 0 Å². The summed E-state index contributed by atoms with van der Waals surface area (Å²) in [6, 6.07) is 2.12. The average molecular weight is 562 g/mol. The first-order valence-electron chi connectivity index (χ1n) is 12.2. The van der Waals surface area contributed by atoms with Gasteiger partial charge in [0.05, 0.1) is 39.6 Å². The molecule has 1 radical (unpaired) electrons. The molecule has 0 aliphatic carbocycles. The van der Waals surface area contributed by atoms with Gasteiger partial charge in [-0.15, -0.1) is 0 Å². The molecule has 0 amide bonds. The summed E-state index contributed by atoms with van der Waals surface area (Å²) in [5.41, 5.74) is 0. The molecule has 0 aromatic heterocycles. The molecule has 0 bridgehead atoms. The molecule has 1 rings (SSSR count). The lowest BCUT2D eigenvalue weighted by Crippen LogP contribution is -2.62. The molecule has 0 spiro atoms. The van der Waals surface area contributed by atoms with Gasteiger partial charge in [0, 0.05) is 19.8 Å². The van der Waals surface area contributed by atoms with Gasteiger partial charge in [0.1, 0.15) is 18.3 Å². The molecule has 15 heteroatoms. The molecule has 12 nitrogen and oxygen atoms in total. The van der Waals surface area contributed by atoms with Crippen molar-refractivity contribution in [2.24, 2.45) is 0 Å². The third-order valence-electron chi connectivity index (χ3n) is 5.16. The predicted octanol–water partition coefficient (Wildman–Crippen LogP) is -1.04. The third kappa shape index (κ3) is 15.2. The van der Waals surface area contributed by atoms with E-state index in [0.29, 0.717) is 57.2 Å². The summed E-state index contributed by atoms with van der Waals surface area (Å²) in [6.45, 7) is 4.59. The standard InChI is InChI=1S/C20H45O12Si3/c1-34(10-4-7-28-16-19(25)13-22)30-33(9-3-6-27-15-18(24)12-21)31-35(2,32-34)11-5-8-29-17-20(26)14-23/h18-26H,3-17H2,1-2H3. The van der Waals surface area contributed by atoms with Crippen LogP contribution in [0.5, 0.6) is 0 Å². The molecule has 5 unspecified atom stereocenters. The highest BCUT2D eigenvalue weighted by Gasteiger charge is 2.50. The molecule has 0 aromatic carbocycles. The smallest absolute Gasteiger partial charge is 0.365 e. The maximum absolute atomic E-state index is 9.39. The second kappa shape index (κ2) is 18.4. The monoisotopic (exact) mass is 561 g/mol. The van der Waals surface area contributed by atoms with Crippen LogP contribution >= 0.6 is 0 Å². The second-order valence-electron chi connectivity index (χ2n) is 8.99. The maximum atomic E-state index is 9.39. The van der Waals surface area contributed by atoms with Gasteiger partial charge in [-0.2, -0.15) is 0 Å². The topological polar surface area (TPSA) is 177 Å². The lowest BCUT2D eigenvalue weighted by atomic mass is 10.4. The highest BCUT2D eigenvalue weighted by Crippen LogP contribution is 2.33. The molecule has 0 saturated carbocycles. The molecular formula is C20H45O12Si3. The van der Waals surface area contributed by atoms with Crippen LogP contribution in [0.25, 0.3) is 0 Å². The molecule has 6 N–H and O–H groups in total. The Bertz CT molecular complexity index is 506. The van der Waals surface area contributed by atoms with Crippen LogP contribution in [0.3, 0.4) is 0 Å².